The summed E-state index contributed by atoms with van der Waals surface area (Å²) in [4.78, 5) is 12.3. The Bertz CT molecular complexity index is 907. The standard InChI is InChI=1S/C19H20FN3OS/c1-3-25-10-9-21-19(24)14-6-4-5-13(11-14)18-16-12-15(20)7-8-17(16)23(2)22-18/h4-8,11-12H,3,9-10H2,1-2H3,(H,21,24). The number of nitrogens with zero attached hydrogens (tertiary/aromatic N) is 2. The van der Waals surface area contributed by atoms with E-state index >= 15 is 0 Å². The Hall–Kier alpha value is -2.34. The van der Waals surface area contributed by atoms with Crippen LogP contribution in [-0.4, -0.2) is 33.7 Å². The van der Waals surface area contributed by atoms with Gasteiger partial charge >= 0.3 is 0 Å². The van der Waals surface area contributed by atoms with Gasteiger partial charge in [0.25, 0.3) is 5.91 Å². The number of rotatable bonds is 6. The predicted molar refractivity (Wildman–Crippen MR) is 101 cm³/mol. The lowest BCUT2D eigenvalue weighted by atomic mass is 10.0. The highest BCUT2D eigenvalue weighted by molar-refractivity contribution is 7.99. The van der Waals surface area contributed by atoms with Gasteiger partial charge in [0.2, 0.25) is 0 Å². The van der Waals surface area contributed by atoms with Crippen molar-refractivity contribution in [3.05, 3.63) is 53.8 Å². The second kappa shape index (κ2) is 7.70. The van der Waals surface area contributed by atoms with Crippen LogP contribution < -0.4 is 5.32 Å². The van der Waals surface area contributed by atoms with Crippen molar-refractivity contribution in [2.75, 3.05) is 18.1 Å². The first-order valence-electron chi connectivity index (χ1n) is 8.18. The zero-order valence-electron chi connectivity index (χ0n) is 14.3. The molecule has 130 valence electrons. The summed E-state index contributed by atoms with van der Waals surface area (Å²) in [5.74, 6) is 1.52. The fourth-order valence-electron chi connectivity index (χ4n) is 2.74. The Morgan fingerprint density at radius 3 is 2.92 bits per heavy atom. The number of thioether (sulfide) groups is 1. The molecule has 25 heavy (non-hydrogen) atoms. The Kier molecular flexibility index (Phi) is 5.38. The van der Waals surface area contributed by atoms with Gasteiger partial charge in [0, 0.05) is 35.9 Å². The van der Waals surface area contributed by atoms with Gasteiger partial charge in [-0.15, -0.1) is 0 Å². The second-order valence-electron chi connectivity index (χ2n) is 5.67. The SMILES string of the molecule is CCSCCNC(=O)c1cccc(-c2nn(C)c3ccc(F)cc23)c1. The monoisotopic (exact) mass is 357 g/mol. The van der Waals surface area contributed by atoms with E-state index in [2.05, 4.69) is 17.3 Å². The van der Waals surface area contributed by atoms with E-state index in [1.165, 1.54) is 12.1 Å². The number of hydrogen-bond acceptors (Lipinski definition) is 3. The molecule has 3 aromatic rings. The molecule has 3 rings (SSSR count). The Morgan fingerprint density at radius 1 is 1.28 bits per heavy atom. The van der Waals surface area contributed by atoms with Crippen molar-refractivity contribution < 1.29 is 9.18 Å². The molecule has 0 radical (unpaired) electrons. The molecule has 6 heteroatoms. The number of benzene rings is 2. The maximum absolute atomic E-state index is 13.6. The highest BCUT2D eigenvalue weighted by atomic mass is 32.2. The van der Waals surface area contributed by atoms with Crippen LogP contribution in [0.4, 0.5) is 4.39 Å². The first-order chi connectivity index (χ1) is 12.1. The highest BCUT2D eigenvalue weighted by Crippen LogP contribution is 2.28. The Balaban J connectivity index is 1.89. The predicted octanol–water partition coefficient (Wildman–Crippen LogP) is 3.86. The number of hydrogen-bond donors (Lipinski definition) is 1. The second-order valence-corrected chi connectivity index (χ2v) is 7.06. The van der Waals surface area contributed by atoms with Crippen LogP contribution in [0.25, 0.3) is 22.2 Å². The molecule has 0 fully saturated rings. The lowest BCUT2D eigenvalue weighted by Crippen LogP contribution is -2.25. The van der Waals surface area contributed by atoms with Crippen LogP contribution >= 0.6 is 11.8 Å². The lowest BCUT2D eigenvalue weighted by Gasteiger charge is -2.06. The van der Waals surface area contributed by atoms with Crippen LogP contribution in [0.3, 0.4) is 0 Å². The van der Waals surface area contributed by atoms with E-state index in [0.29, 0.717) is 17.8 Å². The van der Waals surface area contributed by atoms with Crippen LogP contribution in [0.5, 0.6) is 0 Å². The first kappa shape index (κ1) is 17.5. The van der Waals surface area contributed by atoms with Gasteiger partial charge in [0.1, 0.15) is 11.5 Å². The molecule has 1 N–H and O–H groups in total. The van der Waals surface area contributed by atoms with Crippen molar-refractivity contribution in [3.63, 3.8) is 0 Å². The molecular formula is C19H20FN3OS. The number of fused-ring (bicyclic) bond motifs is 1. The minimum absolute atomic E-state index is 0.107. The maximum atomic E-state index is 13.6. The fourth-order valence-corrected chi connectivity index (χ4v) is 3.28. The summed E-state index contributed by atoms with van der Waals surface area (Å²) < 4.78 is 15.4. The summed E-state index contributed by atoms with van der Waals surface area (Å²) in [6, 6.07) is 11.9. The first-order valence-corrected chi connectivity index (χ1v) is 9.34. The number of carbonyl (C=O) groups excluding carboxylic acids is 1. The largest absolute Gasteiger partial charge is 0.351 e. The van der Waals surface area contributed by atoms with Crippen LogP contribution in [0.1, 0.15) is 17.3 Å². The normalized spacial score (nSPS) is 11.0. The number of carbonyl (C=O) groups is 1. The summed E-state index contributed by atoms with van der Waals surface area (Å²) in [6.07, 6.45) is 0. The number of amides is 1. The van der Waals surface area contributed by atoms with Crippen molar-refractivity contribution in [1.82, 2.24) is 15.1 Å². The molecule has 0 atom stereocenters. The molecule has 0 unspecified atom stereocenters. The molecule has 2 aromatic carbocycles. The van der Waals surface area contributed by atoms with Gasteiger partial charge in [-0.3, -0.25) is 9.48 Å². The fraction of sp³-hybridized carbons (Fsp3) is 0.263. The van der Waals surface area contributed by atoms with Crippen LogP contribution in [0, 0.1) is 5.82 Å². The molecule has 4 nitrogen and oxygen atoms in total. The van der Waals surface area contributed by atoms with Gasteiger partial charge in [0.05, 0.1) is 5.52 Å². The molecule has 0 saturated carbocycles. The van der Waals surface area contributed by atoms with Crippen molar-refractivity contribution in [1.29, 1.82) is 0 Å². The third-order valence-electron chi connectivity index (χ3n) is 3.95. The van der Waals surface area contributed by atoms with Crippen molar-refractivity contribution in [3.8, 4) is 11.3 Å². The molecule has 0 spiro atoms. The Labute approximate surface area is 150 Å². The number of nitrogens with one attached hydrogen (secondary N) is 1. The highest BCUT2D eigenvalue weighted by Gasteiger charge is 2.13. The lowest BCUT2D eigenvalue weighted by molar-refractivity contribution is 0.0956. The molecule has 0 saturated heterocycles. The Morgan fingerprint density at radius 2 is 2.12 bits per heavy atom. The summed E-state index contributed by atoms with van der Waals surface area (Å²) in [7, 11) is 1.83. The number of halogens is 1. The van der Waals surface area contributed by atoms with E-state index in [1.807, 2.05) is 19.2 Å². The van der Waals surface area contributed by atoms with E-state index in [4.69, 9.17) is 0 Å². The van der Waals surface area contributed by atoms with Gasteiger partial charge < -0.3 is 5.32 Å². The zero-order valence-corrected chi connectivity index (χ0v) is 15.1. The summed E-state index contributed by atoms with van der Waals surface area (Å²) in [5, 5.41) is 8.16. The van der Waals surface area contributed by atoms with E-state index in [9.17, 15) is 9.18 Å². The van der Waals surface area contributed by atoms with E-state index in [1.54, 1.807) is 34.6 Å². The minimum Gasteiger partial charge on any atom is -0.351 e. The average Bonchev–Trinajstić information content (AvgIpc) is 2.94. The molecule has 1 amide bonds. The van der Waals surface area contributed by atoms with Crippen molar-refractivity contribution in [2.45, 2.75) is 6.92 Å². The van der Waals surface area contributed by atoms with Crippen molar-refractivity contribution >= 4 is 28.6 Å². The number of aryl methyl sites for hydroxylation is 1. The topological polar surface area (TPSA) is 46.9 Å². The summed E-state index contributed by atoms with van der Waals surface area (Å²) in [5.41, 5.74) is 2.90. The van der Waals surface area contributed by atoms with Gasteiger partial charge in [-0.05, 0) is 36.1 Å². The molecule has 0 aliphatic heterocycles. The van der Waals surface area contributed by atoms with Gasteiger partial charge in [-0.25, -0.2) is 4.39 Å². The van der Waals surface area contributed by atoms with E-state index in [0.717, 1.165) is 28.0 Å². The zero-order chi connectivity index (χ0) is 17.8. The number of aromatic nitrogens is 2. The summed E-state index contributed by atoms with van der Waals surface area (Å²) in [6.45, 7) is 2.73. The van der Waals surface area contributed by atoms with Gasteiger partial charge in [-0.1, -0.05) is 19.1 Å². The molecule has 1 heterocycles. The minimum atomic E-state index is -0.302. The third kappa shape index (κ3) is 3.85. The smallest absolute Gasteiger partial charge is 0.251 e. The van der Waals surface area contributed by atoms with Gasteiger partial charge in [-0.2, -0.15) is 16.9 Å². The quantitative estimate of drug-likeness (QED) is 0.682. The molecule has 0 aliphatic rings. The van der Waals surface area contributed by atoms with Crippen LogP contribution in [0.2, 0.25) is 0 Å². The van der Waals surface area contributed by atoms with Crippen LogP contribution in [-0.2, 0) is 7.05 Å². The summed E-state index contributed by atoms with van der Waals surface area (Å²) >= 11 is 1.79. The molecular weight excluding hydrogens is 337 g/mol. The van der Waals surface area contributed by atoms with Crippen molar-refractivity contribution in [2.24, 2.45) is 7.05 Å². The molecule has 1 aromatic heterocycles. The van der Waals surface area contributed by atoms with Crippen LogP contribution in [0.15, 0.2) is 42.5 Å². The van der Waals surface area contributed by atoms with E-state index < -0.39 is 0 Å². The van der Waals surface area contributed by atoms with Gasteiger partial charge in [0.15, 0.2) is 0 Å². The average molecular weight is 357 g/mol. The third-order valence-corrected chi connectivity index (χ3v) is 4.85. The molecule has 0 aliphatic carbocycles. The maximum Gasteiger partial charge on any atom is 0.251 e. The van der Waals surface area contributed by atoms with E-state index in [-0.39, 0.29) is 11.7 Å². The molecule has 0 bridgehead atoms.